The summed E-state index contributed by atoms with van der Waals surface area (Å²) < 4.78 is 25.2. The van der Waals surface area contributed by atoms with Gasteiger partial charge in [-0.3, -0.25) is 4.79 Å². The number of sulfone groups is 1. The topological polar surface area (TPSA) is 93.9 Å². The van der Waals surface area contributed by atoms with Crippen LogP contribution in [0, 0.1) is 5.92 Å². The van der Waals surface area contributed by atoms with Crippen molar-refractivity contribution in [3.8, 4) is 0 Å². The first-order valence-electron chi connectivity index (χ1n) is 9.99. The molecule has 2 aromatic rings. The van der Waals surface area contributed by atoms with E-state index in [1.807, 2.05) is 24.6 Å². The highest BCUT2D eigenvalue weighted by atomic mass is 32.2. The van der Waals surface area contributed by atoms with Crippen molar-refractivity contribution in [1.29, 1.82) is 0 Å². The predicted molar refractivity (Wildman–Crippen MR) is 114 cm³/mol. The van der Waals surface area contributed by atoms with Crippen LogP contribution in [0.15, 0.2) is 23.4 Å². The van der Waals surface area contributed by atoms with Crippen LogP contribution in [-0.4, -0.2) is 45.8 Å². The molecule has 0 spiro atoms. The maximum absolute atomic E-state index is 12.6. The summed E-state index contributed by atoms with van der Waals surface area (Å²) in [6, 6.07) is 6.15. The zero-order valence-electron chi connectivity index (χ0n) is 16.7. The molecule has 2 heterocycles. The van der Waals surface area contributed by atoms with Crippen LogP contribution in [0.25, 0.3) is 0 Å². The van der Waals surface area contributed by atoms with Gasteiger partial charge in [-0.2, -0.15) is 0 Å². The Hall–Kier alpha value is -1.87. The number of rotatable bonds is 6. The van der Waals surface area contributed by atoms with Crippen LogP contribution in [0.5, 0.6) is 0 Å². The zero-order chi connectivity index (χ0) is 20.6. The van der Waals surface area contributed by atoms with Crippen molar-refractivity contribution in [1.82, 2.24) is 14.8 Å². The van der Waals surface area contributed by atoms with Crippen molar-refractivity contribution >= 4 is 33.2 Å². The Kier molecular flexibility index (Phi) is 5.70. The summed E-state index contributed by atoms with van der Waals surface area (Å²) in [5, 5.41) is 11.8. The van der Waals surface area contributed by atoms with E-state index < -0.39 is 9.84 Å². The van der Waals surface area contributed by atoms with Gasteiger partial charge < -0.3 is 9.88 Å². The van der Waals surface area contributed by atoms with Crippen LogP contribution < -0.4 is 5.32 Å². The van der Waals surface area contributed by atoms with E-state index in [0.717, 1.165) is 24.4 Å². The molecule has 2 atom stereocenters. The molecule has 1 aliphatic carbocycles. The average molecular weight is 435 g/mol. The minimum atomic E-state index is -2.90. The number of nitrogens with one attached hydrogen (secondary N) is 1. The number of benzene rings is 1. The van der Waals surface area contributed by atoms with Gasteiger partial charge in [0.25, 0.3) is 0 Å². The van der Waals surface area contributed by atoms with Gasteiger partial charge in [-0.25, -0.2) is 8.42 Å². The molecule has 0 saturated carbocycles. The Morgan fingerprint density at radius 1 is 1.31 bits per heavy atom. The summed E-state index contributed by atoms with van der Waals surface area (Å²) in [5.74, 6) is 1.28. The van der Waals surface area contributed by atoms with Crippen LogP contribution in [0.4, 0.5) is 5.69 Å². The standard InChI is InChI=1S/C20H26N4O3S2/c1-13(19(25)21-17-7-6-15-4-3-5-16(15)11-17)28-20-23-22-18(24(20)2)10-14-8-9-29(26,27)12-14/h6-7,11,13-14H,3-5,8-10,12H2,1-2H3,(H,21,25). The minimum absolute atomic E-state index is 0.0700. The molecule has 1 N–H and O–H groups in total. The van der Waals surface area contributed by atoms with Crippen LogP contribution in [-0.2, 0) is 40.9 Å². The van der Waals surface area contributed by atoms with Crippen molar-refractivity contribution in [2.45, 2.75) is 49.4 Å². The summed E-state index contributed by atoms with van der Waals surface area (Å²) in [4.78, 5) is 12.6. The zero-order valence-corrected chi connectivity index (χ0v) is 18.4. The molecule has 1 saturated heterocycles. The predicted octanol–water partition coefficient (Wildman–Crippen LogP) is 2.40. The quantitative estimate of drug-likeness (QED) is 0.702. The Balaban J connectivity index is 1.36. The van der Waals surface area contributed by atoms with Gasteiger partial charge in [-0.1, -0.05) is 17.8 Å². The fourth-order valence-electron chi connectivity index (χ4n) is 4.02. The lowest BCUT2D eigenvalue weighted by molar-refractivity contribution is -0.115. The molecule has 0 radical (unpaired) electrons. The van der Waals surface area contributed by atoms with Gasteiger partial charge in [-0.15, -0.1) is 10.2 Å². The van der Waals surface area contributed by atoms with E-state index in [1.54, 1.807) is 0 Å². The minimum Gasteiger partial charge on any atom is -0.325 e. The normalized spacial score (nSPS) is 21.1. The molecule has 4 rings (SSSR count). The van der Waals surface area contributed by atoms with Gasteiger partial charge in [0, 0.05) is 19.2 Å². The van der Waals surface area contributed by atoms with E-state index >= 15 is 0 Å². The van der Waals surface area contributed by atoms with Crippen LogP contribution in [0.2, 0.25) is 0 Å². The Bertz CT molecular complexity index is 1030. The Labute approximate surface area is 175 Å². The summed E-state index contributed by atoms with van der Waals surface area (Å²) >= 11 is 1.36. The van der Waals surface area contributed by atoms with Gasteiger partial charge in [-0.05, 0) is 61.8 Å². The Morgan fingerprint density at radius 2 is 2.10 bits per heavy atom. The molecule has 1 amide bonds. The number of carbonyl (C=O) groups excluding carboxylic acids is 1. The summed E-state index contributed by atoms with van der Waals surface area (Å²) in [6.45, 7) is 1.85. The second-order valence-corrected chi connectivity index (χ2v) is 11.6. The molecule has 156 valence electrons. The first-order valence-corrected chi connectivity index (χ1v) is 12.7. The number of hydrogen-bond acceptors (Lipinski definition) is 6. The third-order valence-electron chi connectivity index (χ3n) is 5.74. The number of thioether (sulfide) groups is 1. The molecular formula is C20H26N4O3S2. The van der Waals surface area contributed by atoms with E-state index in [4.69, 9.17) is 0 Å². The molecule has 29 heavy (non-hydrogen) atoms. The lowest BCUT2D eigenvalue weighted by Crippen LogP contribution is -2.23. The maximum atomic E-state index is 12.6. The van der Waals surface area contributed by atoms with Crippen molar-refractivity contribution in [2.75, 3.05) is 16.8 Å². The molecule has 1 fully saturated rings. The van der Waals surface area contributed by atoms with Crippen molar-refractivity contribution in [2.24, 2.45) is 13.0 Å². The third-order valence-corrected chi connectivity index (χ3v) is 8.71. The fourth-order valence-corrected chi connectivity index (χ4v) is 6.72. The van der Waals surface area contributed by atoms with E-state index in [1.165, 1.54) is 29.3 Å². The van der Waals surface area contributed by atoms with Crippen molar-refractivity contribution in [3.05, 3.63) is 35.2 Å². The van der Waals surface area contributed by atoms with Gasteiger partial charge in [0.1, 0.15) is 5.82 Å². The number of amides is 1. The van der Waals surface area contributed by atoms with Gasteiger partial charge in [0.15, 0.2) is 15.0 Å². The highest BCUT2D eigenvalue weighted by molar-refractivity contribution is 8.00. The second kappa shape index (κ2) is 8.10. The Morgan fingerprint density at radius 3 is 2.86 bits per heavy atom. The van der Waals surface area contributed by atoms with Gasteiger partial charge in [0.05, 0.1) is 16.8 Å². The number of fused-ring (bicyclic) bond motifs is 1. The lowest BCUT2D eigenvalue weighted by atomic mass is 10.1. The van der Waals surface area contributed by atoms with Crippen LogP contribution >= 0.6 is 11.8 Å². The van der Waals surface area contributed by atoms with Crippen molar-refractivity contribution < 1.29 is 13.2 Å². The highest BCUT2D eigenvalue weighted by Gasteiger charge is 2.29. The summed E-state index contributed by atoms with van der Waals surface area (Å²) in [6.07, 6.45) is 4.65. The van der Waals surface area contributed by atoms with Gasteiger partial charge >= 0.3 is 0 Å². The molecule has 0 bridgehead atoms. The first kappa shape index (κ1) is 20.4. The number of nitrogens with zero attached hydrogens (tertiary/aromatic N) is 3. The lowest BCUT2D eigenvalue weighted by Gasteiger charge is -2.13. The second-order valence-electron chi connectivity index (χ2n) is 8.02. The number of aryl methyl sites for hydroxylation is 2. The summed E-state index contributed by atoms with van der Waals surface area (Å²) in [7, 11) is -1.03. The highest BCUT2D eigenvalue weighted by Crippen LogP contribution is 2.28. The molecule has 1 aromatic heterocycles. The van der Waals surface area contributed by atoms with Crippen LogP contribution in [0.1, 0.15) is 36.7 Å². The molecule has 2 unspecified atom stereocenters. The number of hydrogen-bond donors (Lipinski definition) is 1. The maximum Gasteiger partial charge on any atom is 0.237 e. The first-order chi connectivity index (χ1) is 13.8. The smallest absolute Gasteiger partial charge is 0.237 e. The largest absolute Gasteiger partial charge is 0.325 e. The SMILES string of the molecule is CC(Sc1nnc(CC2CCS(=O)(=O)C2)n1C)C(=O)Nc1ccc2c(c1)CCC2. The molecule has 1 aliphatic heterocycles. The molecule has 7 nitrogen and oxygen atoms in total. The number of anilines is 1. The van der Waals surface area contributed by atoms with Gasteiger partial charge in [0.2, 0.25) is 5.91 Å². The number of aromatic nitrogens is 3. The van der Waals surface area contributed by atoms with E-state index in [9.17, 15) is 13.2 Å². The monoisotopic (exact) mass is 434 g/mol. The average Bonchev–Trinajstić information content (AvgIpc) is 3.36. The van der Waals surface area contributed by atoms with Crippen molar-refractivity contribution in [3.63, 3.8) is 0 Å². The number of carbonyl (C=O) groups is 1. The fraction of sp³-hybridized carbons (Fsp3) is 0.550. The molecule has 2 aliphatic rings. The summed E-state index contributed by atoms with van der Waals surface area (Å²) in [5.41, 5.74) is 3.55. The van der Waals surface area contributed by atoms with Crippen LogP contribution in [0.3, 0.4) is 0 Å². The molecule has 1 aromatic carbocycles. The van der Waals surface area contributed by atoms with E-state index in [0.29, 0.717) is 18.0 Å². The van der Waals surface area contributed by atoms with E-state index in [-0.39, 0.29) is 28.6 Å². The third kappa shape index (κ3) is 4.66. The molecule has 9 heteroatoms. The van der Waals surface area contributed by atoms with E-state index in [2.05, 4.69) is 27.6 Å². The molecular weight excluding hydrogens is 408 g/mol.